The molecule has 36 heavy (non-hydrogen) atoms. The minimum absolute atomic E-state index is 0.104. The van der Waals surface area contributed by atoms with Gasteiger partial charge < -0.3 is 14.5 Å². The Balaban J connectivity index is 1.40. The van der Waals surface area contributed by atoms with Crippen LogP contribution in [-0.2, 0) is 20.3 Å². The van der Waals surface area contributed by atoms with Gasteiger partial charge in [-0.25, -0.2) is 8.42 Å². The standard InChI is InChI=1S/C26H35N5O4S/c1-28-11-8-19(9-12-28)30-10-4-5-20(17-30)31-25-21-6-2-3-7-23(21)36(33,34)18-22(25)24(27-31)26(32)29-13-15-35-16-14-29/h2-3,6-7,19-20H,4-5,8-18H2,1H3/t20-/m0/s1. The molecule has 194 valence electrons. The van der Waals surface area contributed by atoms with Crippen LogP contribution in [0.3, 0.4) is 0 Å². The highest BCUT2D eigenvalue weighted by molar-refractivity contribution is 7.90. The molecule has 1 atom stereocenters. The molecule has 0 aliphatic carbocycles. The highest BCUT2D eigenvalue weighted by atomic mass is 32.2. The van der Waals surface area contributed by atoms with Crippen molar-refractivity contribution >= 4 is 15.7 Å². The molecule has 5 heterocycles. The predicted molar refractivity (Wildman–Crippen MR) is 136 cm³/mol. The van der Waals surface area contributed by atoms with Gasteiger partial charge in [0.15, 0.2) is 15.5 Å². The average Bonchev–Trinajstić information content (AvgIpc) is 3.28. The molecule has 10 heteroatoms. The smallest absolute Gasteiger partial charge is 0.274 e. The van der Waals surface area contributed by atoms with Crippen molar-refractivity contribution in [3.63, 3.8) is 0 Å². The van der Waals surface area contributed by atoms with Crippen molar-refractivity contribution in [2.45, 2.75) is 48.4 Å². The largest absolute Gasteiger partial charge is 0.378 e. The molecule has 0 saturated carbocycles. The number of hydrogen-bond acceptors (Lipinski definition) is 7. The SMILES string of the molecule is CN1CCC(N2CCC[C@H](n3nc(C(=O)N4CCOCC4)c4c3-c3ccccc3S(=O)(=O)C4)C2)CC1. The molecule has 0 N–H and O–H groups in total. The van der Waals surface area contributed by atoms with E-state index in [9.17, 15) is 13.2 Å². The van der Waals surface area contributed by atoms with Crippen molar-refractivity contribution in [2.24, 2.45) is 0 Å². The lowest BCUT2D eigenvalue weighted by Crippen LogP contribution is -2.48. The zero-order valence-electron chi connectivity index (χ0n) is 20.9. The number of fused-ring (bicyclic) bond motifs is 3. The number of nitrogens with zero attached hydrogens (tertiary/aromatic N) is 5. The Bertz CT molecular complexity index is 1250. The second kappa shape index (κ2) is 9.55. The molecule has 0 spiro atoms. The van der Waals surface area contributed by atoms with E-state index in [1.54, 1.807) is 17.0 Å². The van der Waals surface area contributed by atoms with Crippen LogP contribution in [0.5, 0.6) is 0 Å². The van der Waals surface area contributed by atoms with E-state index in [4.69, 9.17) is 9.84 Å². The summed E-state index contributed by atoms with van der Waals surface area (Å²) in [5.74, 6) is -0.373. The lowest BCUT2D eigenvalue weighted by molar-refractivity contribution is 0.0297. The van der Waals surface area contributed by atoms with Crippen molar-refractivity contribution in [2.75, 3.05) is 59.5 Å². The molecule has 0 radical (unpaired) electrons. The van der Waals surface area contributed by atoms with E-state index in [1.807, 2.05) is 16.8 Å². The number of aromatic nitrogens is 2. The molecule has 1 aromatic heterocycles. The van der Waals surface area contributed by atoms with Crippen LogP contribution < -0.4 is 0 Å². The summed E-state index contributed by atoms with van der Waals surface area (Å²) in [6, 6.07) is 7.86. The summed E-state index contributed by atoms with van der Waals surface area (Å²) < 4.78 is 34.0. The van der Waals surface area contributed by atoms with E-state index in [-0.39, 0.29) is 17.7 Å². The number of amides is 1. The zero-order valence-corrected chi connectivity index (χ0v) is 21.8. The number of sulfone groups is 1. The van der Waals surface area contributed by atoms with Crippen LogP contribution in [-0.4, -0.2) is 104 Å². The van der Waals surface area contributed by atoms with Gasteiger partial charge in [-0.3, -0.25) is 14.4 Å². The van der Waals surface area contributed by atoms with Gasteiger partial charge in [-0.2, -0.15) is 5.10 Å². The maximum absolute atomic E-state index is 13.6. The molecule has 6 rings (SSSR count). The van der Waals surface area contributed by atoms with Crippen LogP contribution in [0.1, 0.15) is 47.8 Å². The summed E-state index contributed by atoms with van der Waals surface area (Å²) >= 11 is 0. The molecular weight excluding hydrogens is 478 g/mol. The minimum Gasteiger partial charge on any atom is -0.378 e. The van der Waals surface area contributed by atoms with Crippen molar-refractivity contribution in [3.8, 4) is 11.3 Å². The third-order valence-electron chi connectivity index (χ3n) is 8.30. The van der Waals surface area contributed by atoms with Gasteiger partial charge in [0.25, 0.3) is 5.91 Å². The summed E-state index contributed by atoms with van der Waals surface area (Å²) in [5, 5.41) is 4.93. The molecule has 1 aromatic carbocycles. The first-order chi connectivity index (χ1) is 17.4. The van der Waals surface area contributed by atoms with Crippen molar-refractivity contribution in [1.82, 2.24) is 24.5 Å². The van der Waals surface area contributed by atoms with Crippen LogP contribution in [0.4, 0.5) is 0 Å². The predicted octanol–water partition coefficient (Wildman–Crippen LogP) is 2.04. The Morgan fingerprint density at radius 2 is 1.75 bits per heavy atom. The molecule has 9 nitrogen and oxygen atoms in total. The van der Waals surface area contributed by atoms with Gasteiger partial charge in [0, 0.05) is 36.8 Å². The minimum atomic E-state index is -3.56. The molecule has 0 bridgehead atoms. The van der Waals surface area contributed by atoms with Crippen molar-refractivity contribution < 1.29 is 17.9 Å². The van der Waals surface area contributed by atoms with E-state index in [0.717, 1.165) is 44.7 Å². The molecule has 3 fully saturated rings. The molecule has 1 amide bonds. The van der Waals surface area contributed by atoms with Crippen LogP contribution in [0.2, 0.25) is 0 Å². The van der Waals surface area contributed by atoms with Gasteiger partial charge >= 0.3 is 0 Å². The second-order valence-electron chi connectivity index (χ2n) is 10.6. The summed E-state index contributed by atoms with van der Waals surface area (Å²) in [5.41, 5.74) is 2.33. The fraction of sp³-hybridized carbons (Fsp3) is 0.615. The van der Waals surface area contributed by atoms with E-state index in [0.29, 0.717) is 54.1 Å². The number of rotatable bonds is 3. The monoisotopic (exact) mass is 513 g/mol. The maximum Gasteiger partial charge on any atom is 0.274 e. The average molecular weight is 514 g/mol. The van der Waals surface area contributed by atoms with Gasteiger partial charge in [-0.15, -0.1) is 0 Å². The quantitative estimate of drug-likeness (QED) is 0.621. The van der Waals surface area contributed by atoms with Gasteiger partial charge in [-0.05, 0) is 58.4 Å². The summed E-state index contributed by atoms with van der Waals surface area (Å²) in [4.78, 5) is 20.7. The Labute approximate surface area is 212 Å². The lowest BCUT2D eigenvalue weighted by atomic mass is 9.97. The Kier molecular flexibility index (Phi) is 6.39. The first-order valence-corrected chi connectivity index (χ1v) is 14.8. The van der Waals surface area contributed by atoms with Crippen molar-refractivity contribution in [3.05, 3.63) is 35.5 Å². The Morgan fingerprint density at radius 3 is 2.53 bits per heavy atom. The highest BCUT2D eigenvalue weighted by Crippen LogP contribution is 2.42. The van der Waals surface area contributed by atoms with Gasteiger partial charge in [0.05, 0.1) is 35.6 Å². The van der Waals surface area contributed by atoms with Crippen LogP contribution >= 0.6 is 0 Å². The molecule has 0 unspecified atom stereocenters. The number of hydrogen-bond donors (Lipinski definition) is 0. The molecular formula is C26H35N5O4S. The number of likely N-dealkylation sites (tertiary alicyclic amines) is 2. The topological polar surface area (TPSA) is 88.0 Å². The van der Waals surface area contributed by atoms with Crippen LogP contribution in [0, 0.1) is 0 Å². The fourth-order valence-electron chi connectivity index (χ4n) is 6.32. The first-order valence-electron chi connectivity index (χ1n) is 13.2. The highest BCUT2D eigenvalue weighted by Gasteiger charge is 2.39. The number of carbonyl (C=O) groups is 1. The van der Waals surface area contributed by atoms with Gasteiger partial charge in [-0.1, -0.05) is 18.2 Å². The molecule has 4 aliphatic rings. The number of morpholine rings is 1. The third kappa shape index (κ3) is 4.27. The molecule has 4 aliphatic heterocycles. The summed E-state index contributed by atoms with van der Waals surface area (Å²) in [6.45, 7) is 6.17. The van der Waals surface area contributed by atoms with E-state index < -0.39 is 9.84 Å². The molecule has 3 saturated heterocycles. The lowest BCUT2D eigenvalue weighted by Gasteiger charge is -2.42. The second-order valence-corrected chi connectivity index (χ2v) is 12.6. The third-order valence-corrected chi connectivity index (χ3v) is 9.99. The van der Waals surface area contributed by atoms with Crippen LogP contribution in [0.25, 0.3) is 11.3 Å². The van der Waals surface area contributed by atoms with E-state index in [2.05, 4.69) is 16.8 Å². The summed E-state index contributed by atoms with van der Waals surface area (Å²) in [7, 11) is -1.37. The number of carbonyl (C=O) groups excluding carboxylic acids is 1. The van der Waals surface area contributed by atoms with E-state index in [1.165, 1.54) is 12.8 Å². The van der Waals surface area contributed by atoms with Crippen molar-refractivity contribution in [1.29, 1.82) is 0 Å². The summed E-state index contributed by atoms with van der Waals surface area (Å²) in [6.07, 6.45) is 4.38. The van der Waals surface area contributed by atoms with E-state index >= 15 is 0 Å². The Hall–Kier alpha value is -2.27. The van der Waals surface area contributed by atoms with Crippen LogP contribution in [0.15, 0.2) is 29.2 Å². The first kappa shape index (κ1) is 24.1. The fourth-order valence-corrected chi connectivity index (χ4v) is 7.91. The number of ether oxygens (including phenoxy) is 1. The number of piperidine rings is 2. The zero-order chi connectivity index (χ0) is 24.9. The normalized spacial score (nSPS) is 25.4. The maximum atomic E-state index is 13.6. The Morgan fingerprint density at radius 1 is 1.00 bits per heavy atom. The molecule has 2 aromatic rings. The van der Waals surface area contributed by atoms with Gasteiger partial charge in [0.2, 0.25) is 0 Å². The van der Waals surface area contributed by atoms with Gasteiger partial charge in [0.1, 0.15) is 0 Å². The number of benzene rings is 1.